The number of phenols is 1. The Bertz CT molecular complexity index is 322. The summed E-state index contributed by atoms with van der Waals surface area (Å²) >= 11 is 0. The van der Waals surface area contributed by atoms with Crippen molar-refractivity contribution in [2.24, 2.45) is 11.5 Å². The summed E-state index contributed by atoms with van der Waals surface area (Å²) in [7, 11) is 0. The van der Waals surface area contributed by atoms with Crippen molar-refractivity contribution in [2.75, 3.05) is 0 Å². The van der Waals surface area contributed by atoms with E-state index in [1.54, 1.807) is 12.1 Å². The molecule has 0 aliphatic heterocycles. The van der Waals surface area contributed by atoms with Gasteiger partial charge in [0.05, 0.1) is 0 Å². The number of hydrogen-bond acceptors (Lipinski definition) is 3. The second kappa shape index (κ2) is 5.36. The Hall–Kier alpha value is -1.55. The van der Waals surface area contributed by atoms with E-state index < -0.39 is 0 Å². The van der Waals surface area contributed by atoms with Crippen LogP contribution in [0.15, 0.2) is 24.3 Å². The highest BCUT2D eigenvalue weighted by atomic mass is 16.3. The van der Waals surface area contributed by atoms with Crippen molar-refractivity contribution < 1.29 is 9.90 Å². The number of rotatable bonds is 5. The molecule has 1 unspecified atom stereocenters. The summed E-state index contributed by atoms with van der Waals surface area (Å²) in [5.74, 6) is -0.0828. The second-order valence-electron chi connectivity index (χ2n) is 3.64. The van der Waals surface area contributed by atoms with Crippen LogP contribution in [-0.2, 0) is 11.2 Å². The number of carbonyl (C=O) groups is 1. The lowest BCUT2D eigenvalue weighted by Crippen LogP contribution is -2.25. The lowest BCUT2D eigenvalue weighted by Gasteiger charge is -2.10. The maximum Gasteiger partial charge on any atom is 0.217 e. The van der Waals surface area contributed by atoms with Crippen LogP contribution in [-0.4, -0.2) is 17.1 Å². The molecule has 0 heterocycles. The van der Waals surface area contributed by atoms with Gasteiger partial charge in [0.1, 0.15) is 5.75 Å². The van der Waals surface area contributed by atoms with Crippen molar-refractivity contribution in [2.45, 2.75) is 25.3 Å². The Kier molecular flexibility index (Phi) is 4.12. The van der Waals surface area contributed by atoms with E-state index in [4.69, 9.17) is 16.6 Å². The lowest BCUT2D eigenvalue weighted by molar-refractivity contribution is -0.118. The summed E-state index contributed by atoms with van der Waals surface area (Å²) in [6, 6.07) is 6.81. The van der Waals surface area contributed by atoms with Crippen LogP contribution in [0.5, 0.6) is 5.75 Å². The third-order valence-corrected chi connectivity index (χ3v) is 2.20. The minimum absolute atomic E-state index is 0.0676. The van der Waals surface area contributed by atoms with Gasteiger partial charge in [-0.25, -0.2) is 0 Å². The fraction of sp³-hybridized carbons (Fsp3) is 0.364. The Morgan fingerprint density at radius 2 is 1.93 bits per heavy atom. The molecule has 1 rings (SSSR count). The first kappa shape index (κ1) is 11.5. The summed E-state index contributed by atoms with van der Waals surface area (Å²) in [4.78, 5) is 10.5. The van der Waals surface area contributed by atoms with Gasteiger partial charge in [-0.15, -0.1) is 0 Å². The molecule has 0 aliphatic carbocycles. The molecule has 1 aromatic rings. The van der Waals surface area contributed by atoms with Crippen LogP contribution in [0.1, 0.15) is 18.4 Å². The predicted molar refractivity (Wildman–Crippen MR) is 58.2 cm³/mol. The van der Waals surface area contributed by atoms with Crippen LogP contribution >= 0.6 is 0 Å². The molecule has 0 aromatic heterocycles. The summed E-state index contributed by atoms with van der Waals surface area (Å²) < 4.78 is 0. The molecule has 4 heteroatoms. The molecule has 82 valence electrons. The molecule has 0 aliphatic rings. The van der Waals surface area contributed by atoms with E-state index >= 15 is 0 Å². The topological polar surface area (TPSA) is 89.3 Å². The minimum atomic E-state index is -0.323. The molecule has 0 saturated heterocycles. The van der Waals surface area contributed by atoms with Crippen molar-refractivity contribution in [3.63, 3.8) is 0 Å². The molecule has 0 radical (unpaired) electrons. The SMILES string of the molecule is NC(=O)CCC(N)Cc1ccc(O)cc1. The van der Waals surface area contributed by atoms with Crippen LogP contribution < -0.4 is 11.5 Å². The van der Waals surface area contributed by atoms with Crippen LogP contribution in [0.4, 0.5) is 0 Å². The van der Waals surface area contributed by atoms with Crippen molar-refractivity contribution in [1.29, 1.82) is 0 Å². The van der Waals surface area contributed by atoms with Gasteiger partial charge in [0, 0.05) is 12.5 Å². The molecule has 0 saturated carbocycles. The number of aromatic hydroxyl groups is 1. The Morgan fingerprint density at radius 1 is 1.33 bits per heavy atom. The number of phenolic OH excluding ortho intramolecular Hbond substituents is 1. The molecule has 4 nitrogen and oxygen atoms in total. The Morgan fingerprint density at radius 3 is 2.47 bits per heavy atom. The number of hydrogen-bond donors (Lipinski definition) is 3. The van der Waals surface area contributed by atoms with Gasteiger partial charge in [-0.3, -0.25) is 4.79 Å². The molecule has 1 atom stereocenters. The van der Waals surface area contributed by atoms with Crippen molar-refractivity contribution in [3.05, 3.63) is 29.8 Å². The van der Waals surface area contributed by atoms with Gasteiger partial charge in [0.2, 0.25) is 5.91 Å². The van der Waals surface area contributed by atoms with Crippen molar-refractivity contribution >= 4 is 5.91 Å². The van der Waals surface area contributed by atoms with E-state index in [1.807, 2.05) is 12.1 Å². The highest BCUT2D eigenvalue weighted by Crippen LogP contribution is 2.11. The first-order valence-electron chi connectivity index (χ1n) is 4.89. The molecule has 15 heavy (non-hydrogen) atoms. The average molecular weight is 208 g/mol. The maximum atomic E-state index is 10.5. The molecule has 0 fully saturated rings. The number of benzene rings is 1. The van der Waals surface area contributed by atoms with E-state index in [0.29, 0.717) is 19.3 Å². The van der Waals surface area contributed by atoms with E-state index in [9.17, 15) is 4.79 Å². The Labute approximate surface area is 88.9 Å². The van der Waals surface area contributed by atoms with Crippen LogP contribution in [0, 0.1) is 0 Å². The quantitative estimate of drug-likeness (QED) is 0.659. The number of carbonyl (C=O) groups excluding carboxylic acids is 1. The molecule has 5 N–H and O–H groups in total. The zero-order chi connectivity index (χ0) is 11.3. The van der Waals surface area contributed by atoms with Gasteiger partial charge in [0.15, 0.2) is 0 Å². The smallest absolute Gasteiger partial charge is 0.217 e. The van der Waals surface area contributed by atoms with Gasteiger partial charge in [-0.2, -0.15) is 0 Å². The average Bonchev–Trinajstić information content (AvgIpc) is 2.19. The fourth-order valence-electron chi connectivity index (χ4n) is 1.36. The largest absolute Gasteiger partial charge is 0.508 e. The maximum absolute atomic E-state index is 10.5. The zero-order valence-electron chi connectivity index (χ0n) is 8.52. The van der Waals surface area contributed by atoms with Crippen LogP contribution in [0.25, 0.3) is 0 Å². The van der Waals surface area contributed by atoms with Crippen molar-refractivity contribution in [1.82, 2.24) is 0 Å². The number of nitrogens with two attached hydrogens (primary N) is 2. The lowest BCUT2D eigenvalue weighted by atomic mass is 10.0. The Balaban J connectivity index is 2.40. The molecular formula is C11H16N2O2. The van der Waals surface area contributed by atoms with Crippen LogP contribution in [0.2, 0.25) is 0 Å². The van der Waals surface area contributed by atoms with Gasteiger partial charge in [0.25, 0.3) is 0 Å². The summed E-state index contributed by atoms with van der Waals surface area (Å²) in [5, 5.41) is 9.07. The first-order valence-corrected chi connectivity index (χ1v) is 4.89. The van der Waals surface area contributed by atoms with E-state index in [0.717, 1.165) is 5.56 Å². The van der Waals surface area contributed by atoms with Gasteiger partial charge >= 0.3 is 0 Å². The monoisotopic (exact) mass is 208 g/mol. The fourth-order valence-corrected chi connectivity index (χ4v) is 1.36. The third-order valence-electron chi connectivity index (χ3n) is 2.20. The van der Waals surface area contributed by atoms with E-state index in [-0.39, 0.29) is 17.7 Å². The van der Waals surface area contributed by atoms with Gasteiger partial charge in [-0.1, -0.05) is 12.1 Å². The molecule has 1 amide bonds. The molecule has 1 aromatic carbocycles. The summed E-state index contributed by atoms with van der Waals surface area (Å²) in [5.41, 5.74) is 11.9. The zero-order valence-corrected chi connectivity index (χ0v) is 8.52. The van der Waals surface area contributed by atoms with Crippen LogP contribution in [0.3, 0.4) is 0 Å². The summed E-state index contributed by atoms with van der Waals surface area (Å²) in [6.07, 6.45) is 1.60. The molecule has 0 spiro atoms. The minimum Gasteiger partial charge on any atom is -0.508 e. The second-order valence-corrected chi connectivity index (χ2v) is 3.64. The molecule has 0 bridgehead atoms. The van der Waals surface area contributed by atoms with Crippen molar-refractivity contribution in [3.8, 4) is 5.75 Å². The first-order chi connectivity index (χ1) is 7.08. The van der Waals surface area contributed by atoms with Gasteiger partial charge < -0.3 is 16.6 Å². The number of amides is 1. The molecular weight excluding hydrogens is 192 g/mol. The van der Waals surface area contributed by atoms with Gasteiger partial charge in [-0.05, 0) is 30.5 Å². The summed E-state index contributed by atoms with van der Waals surface area (Å²) in [6.45, 7) is 0. The predicted octanol–water partition coefficient (Wildman–Crippen LogP) is 0.527. The third kappa shape index (κ3) is 4.46. The highest BCUT2D eigenvalue weighted by Gasteiger charge is 2.05. The standard InChI is InChI=1S/C11H16N2O2/c12-9(3-6-11(13)15)7-8-1-4-10(14)5-2-8/h1-2,4-5,9,14H,3,6-7,12H2,(H2,13,15). The van der Waals surface area contributed by atoms with E-state index in [1.165, 1.54) is 0 Å². The number of primary amides is 1. The van der Waals surface area contributed by atoms with E-state index in [2.05, 4.69) is 0 Å². The highest BCUT2D eigenvalue weighted by molar-refractivity contribution is 5.73. The normalized spacial score (nSPS) is 12.3.